The molecule has 0 bridgehead atoms. The lowest BCUT2D eigenvalue weighted by Crippen LogP contribution is -2.29. The molecule has 2 aromatic heterocycles. The minimum atomic E-state index is -0.525. The molecule has 4 heteroatoms. The van der Waals surface area contributed by atoms with Gasteiger partial charge in [-0.3, -0.25) is 9.78 Å². The molecule has 0 unspecified atom stereocenters. The summed E-state index contributed by atoms with van der Waals surface area (Å²) in [5.74, 6) is 0.590. The molecule has 1 aromatic carbocycles. The van der Waals surface area contributed by atoms with Gasteiger partial charge in [-0.05, 0) is 75.0 Å². The third-order valence-corrected chi connectivity index (χ3v) is 5.63. The molecule has 3 rings (SSSR count). The van der Waals surface area contributed by atoms with Crippen LogP contribution in [0.4, 0.5) is 0 Å². The summed E-state index contributed by atoms with van der Waals surface area (Å²) in [7, 11) is 0. The molecule has 3 N–H and O–H groups in total. The number of fused-ring (bicyclic) bond motifs is 1. The predicted octanol–water partition coefficient (Wildman–Crippen LogP) is 5.25. The van der Waals surface area contributed by atoms with Gasteiger partial charge in [0, 0.05) is 40.2 Å². The van der Waals surface area contributed by atoms with Crippen molar-refractivity contribution in [2.45, 2.75) is 58.8 Å². The van der Waals surface area contributed by atoms with Gasteiger partial charge in [-0.25, -0.2) is 0 Å². The number of benzene rings is 1. The highest BCUT2D eigenvalue weighted by atomic mass is 16.1. The molecular weight excluding hydrogens is 346 g/mol. The standard InChI is InChI=1S/C24H31N3O/c1-15(2)22-19-14-18(24(4,5)21(28)7-6-11-25)8-9-20(19)27-23(22)17-10-12-26-16(3)13-17/h8-10,12-15,27H,6-7,11,25H2,1-5H3. The van der Waals surface area contributed by atoms with Crippen LogP contribution in [-0.2, 0) is 10.2 Å². The highest BCUT2D eigenvalue weighted by Gasteiger charge is 2.29. The molecule has 28 heavy (non-hydrogen) atoms. The van der Waals surface area contributed by atoms with Crippen LogP contribution in [0.1, 0.15) is 63.3 Å². The Kier molecular flexibility index (Phi) is 5.71. The predicted molar refractivity (Wildman–Crippen MR) is 117 cm³/mol. The first-order valence-electron chi connectivity index (χ1n) is 10.1. The van der Waals surface area contributed by atoms with E-state index < -0.39 is 5.41 Å². The molecule has 0 saturated heterocycles. The number of aromatic nitrogens is 2. The normalized spacial score (nSPS) is 12.1. The van der Waals surface area contributed by atoms with Gasteiger partial charge in [0.1, 0.15) is 5.78 Å². The first-order chi connectivity index (χ1) is 13.3. The van der Waals surface area contributed by atoms with Gasteiger partial charge in [-0.2, -0.15) is 0 Å². The molecule has 0 aliphatic rings. The number of hydrogen-bond acceptors (Lipinski definition) is 3. The molecule has 4 nitrogen and oxygen atoms in total. The van der Waals surface area contributed by atoms with Crippen LogP contribution in [-0.4, -0.2) is 22.3 Å². The van der Waals surface area contributed by atoms with Crippen LogP contribution >= 0.6 is 0 Å². The lowest BCUT2D eigenvalue weighted by Gasteiger charge is -2.24. The van der Waals surface area contributed by atoms with Crippen LogP contribution in [0, 0.1) is 6.92 Å². The van der Waals surface area contributed by atoms with Gasteiger partial charge in [0.15, 0.2) is 0 Å². The number of H-pyrrole nitrogens is 1. The summed E-state index contributed by atoms with van der Waals surface area (Å²) in [6.45, 7) is 11.0. The monoisotopic (exact) mass is 377 g/mol. The van der Waals surface area contributed by atoms with Crippen LogP contribution in [0.15, 0.2) is 36.5 Å². The average Bonchev–Trinajstić information content (AvgIpc) is 3.05. The molecule has 0 aliphatic carbocycles. The maximum absolute atomic E-state index is 12.8. The van der Waals surface area contributed by atoms with E-state index in [0.29, 0.717) is 18.9 Å². The number of rotatable bonds is 7. The van der Waals surface area contributed by atoms with Gasteiger partial charge in [0.2, 0.25) is 0 Å². The zero-order chi connectivity index (χ0) is 20.5. The van der Waals surface area contributed by atoms with Crippen LogP contribution in [0.2, 0.25) is 0 Å². The molecule has 3 aromatic rings. The van der Waals surface area contributed by atoms with Crippen molar-refractivity contribution in [3.8, 4) is 11.3 Å². The number of pyridine rings is 1. The quantitative estimate of drug-likeness (QED) is 0.591. The van der Waals surface area contributed by atoms with Gasteiger partial charge in [-0.1, -0.05) is 19.9 Å². The summed E-state index contributed by atoms with van der Waals surface area (Å²) in [5.41, 5.74) is 11.8. The van der Waals surface area contributed by atoms with Crippen LogP contribution in [0.5, 0.6) is 0 Å². The number of carbonyl (C=O) groups excluding carboxylic acids is 1. The summed E-state index contributed by atoms with van der Waals surface area (Å²) in [5, 5.41) is 1.19. The van der Waals surface area contributed by atoms with E-state index in [1.54, 1.807) is 0 Å². The molecule has 0 fully saturated rings. The number of nitrogens with two attached hydrogens (primary N) is 1. The van der Waals surface area contributed by atoms with E-state index >= 15 is 0 Å². The molecule has 0 spiro atoms. The molecule has 148 valence electrons. The Labute approximate surface area is 167 Å². The van der Waals surface area contributed by atoms with Crippen LogP contribution in [0.25, 0.3) is 22.2 Å². The van der Waals surface area contributed by atoms with Crippen molar-refractivity contribution >= 4 is 16.7 Å². The Balaban J connectivity index is 2.14. The number of aryl methyl sites for hydroxylation is 1. The van der Waals surface area contributed by atoms with Gasteiger partial charge in [0.25, 0.3) is 0 Å². The zero-order valence-corrected chi connectivity index (χ0v) is 17.6. The minimum absolute atomic E-state index is 0.240. The first-order valence-corrected chi connectivity index (χ1v) is 10.1. The highest BCUT2D eigenvalue weighted by molar-refractivity contribution is 5.95. The summed E-state index contributed by atoms with van der Waals surface area (Å²) in [4.78, 5) is 20.7. The molecular formula is C24H31N3O. The molecule has 0 saturated carbocycles. The van der Waals surface area contributed by atoms with E-state index in [9.17, 15) is 4.79 Å². The van der Waals surface area contributed by atoms with Gasteiger partial charge in [0.05, 0.1) is 5.69 Å². The van der Waals surface area contributed by atoms with Crippen molar-refractivity contribution in [1.82, 2.24) is 9.97 Å². The zero-order valence-electron chi connectivity index (χ0n) is 17.6. The molecule has 0 radical (unpaired) electrons. The second kappa shape index (κ2) is 7.88. The number of ketones is 1. The second-order valence-electron chi connectivity index (χ2n) is 8.46. The Morgan fingerprint density at radius 3 is 2.61 bits per heavy atom. The van der Waals surface area contributed by atoms with E-state index in [2.05, 4.69) is 48.1 Å². The van der Waals surface area contributed by atoms with E-state index in [-0.39, 0.29) is 5.78 Å². The topological polar surface area (TPSA) is 71.8 Å². The molecule has 0 atom stereocenters. The Morgan fingerprint density at radius 1 is 1.21 bits per heavy atom. The largest absolute Gasteiger partial charge is 0.354 e. The van der Waals surface area contributed by atoms with Crippen LogP contribution in [0.3, 0.4) is 0 Å². The second-order valence-corrected chi connectivity index (χ2v) is 8.46. The van der Waals surface area contributed by atoms with Crippen molar-refractivity contribution in [3.05, 3.63) is 53.3 Å². The summed E-state index contributed by atoms with van der Waals surface area (Å²) in [6.07, 6.45) is 3.11. The summed E-state index contributed by atoms with van der Waals surface area (Å²) in [6, 6.07) is 10.5. The third kappa shape index (κ3) is 3.74. The number of hydrogen-bond donors (Lipinski definition) is 2. The molecule has 0 aliphatic heterocycles. The Hall–Kier alpha value is -2.46. The number of aromatic amines is 1. The maximum Gasteiger partial charge on any atom is 0.142 e. The van der Waals surface area contributed by atoms with Crippen molar-refractivity contribution in [2.24, 2.45) is 5.73 Å². The number of nitrogens with zero attached hydrogens (tertiary/aromatic N) is 1. The average molecular weight is 378 g/mol. The molecule has 2 heterocycles. The fraction of sp³-hybridized carbons (Fsp3) is 0.417. The fourth-order valence-electron chi connectivity index (χ4n) is 3.87. The minimum Gasteiger partial charge on any atom is -0.354 e. The van der Waals surface area contributed by atoms with Crippen molar-refractivity contribution < 1.29 is 4.79 Å². The van der Waals surface area contributed by atoms with E-state index in [1.165, 1.54) is 10.9 Å². The van der Waals surface area contributed by atoms with Gasteiger partial charge < -0.3 is 10.7 Å². The summed E-state index contributed by atoms with van der Waals surface area (Å²) >= 11 is 0. The number of nitrogens with one attached hydrogen (secondary N) is 1. The van der Waals surface area contributed by atoms with E-state index in [0.717, 1.165) is 34.5 Å². The number of carbonyl (C=O) groups is 1. The van der Waals surface area contributed by atoms with Gasteiger partial charge in [-0.15, -0.1) is 0 Å². The van der Waals surface area contributed by atoms with Gasteiger partial charge >= 0.3 is 0 Å². The maximum atomic E-state index is 12.8. The first kappa shape index (κ1) is 20.3. The molecule has 0 amide bonds. The lowest BCUT2D eigenvalue weighted by molar-refractivity contribution is -0.123. The Morgan fingerprint density at radius 2 is 1.96 bits per heavy atom. The number of Topliss-reactive ketones (excluding diaryl/α,β-unsaturated/α-hetero) is 1. The highest BCUT2D eigenvalue weighted by Crippen LogP contribution is 2.38. The van der Waals surface area contributed by atoms with Crippen molar-refractivity contribution in [3.63, 3.8) is 0 Å². The lowest BCUT2D eigenvalue weighted by atomic mass is 9.78. The summed E-state index contributed by atoms with van der Waals surface area (Å²) < 4.78 is 0. The van der Waals surface area contributed by atoms with E-state index in [1.807, 2.05) is 33.0 Å². The van der Waals surface area contributed by atoms with E-state index in [4.69, 9.17) is 5.73 Å². The fourth-order valence-corrected chi connectivity index (χ4v) is 3.87. The van der Waals surface area contributed by atoms with Crippen molar-refractivity contribution in [1.29, 1.82) is 0 Å². The third-order valence-electron chi connectivity index (χ3n) is 5.63. The Bertz CT molecular complexity index is 998. The van der Waals surface area contributed by atoms with Crippen LogP contribution < -0.4 is 5.73 Å². The smallest absolute Gasteiger partial charge is 0.142 e. The van der Waals surface area contributed by atoms with Crippen molar-refractivity contribution in [2.75, 3.05) is 6.54 Å². The SMILES string of the molecule is Cc1cc(-c2[nH]c3ccc(C(C)(C)C(=O)CCCN)cc3c2C(C)C)ccn1.